The highest BCUT2D eigenvalue weighted by Crippen LogP contribution is 2.25. The Hall–Kier alpha value is -2.29. The zero-order valence-corrected chi connectivity index (χ0v) is 24.6. The molecule has 1 aliphatic rings. The fourth-order valence-electron chi connectivity index (χ4n) is 4.84. The first-order valence-corrected chi connectivity index (χ1v) is 15.7. The molecule has 0 aliphatic heterocycles. The largest absolute Gasteiger partial charge is 0.352 e. The number of aryl methyl sites for hydroxylation is 1. The predicted molar refractivity (Wildman–Crippen MR) is 154 cm³/mol. The molecule has 38 heavy (non-hydrogen) atoms. The summed E-state index contributed by atoms with van der Waals surface area (Å²) in [4.78, 5) is 28.4. The van der Waals surface area contributed by atoms with E-state index >= 15 is 0 Å². The van der Waals surface area contributed by atoms with Crippen LogP contribution in [0.2, 0.25) is 10.0 Å². The molecule has 2 amide bonds. The average Bonchev–Trinajstić information content (AvgIpc) is 3.36. The van der Waals surface area contributed by atoms with E-state index in [9.17, 15) is 18.0 Å². The topological polar surface area (TPSA) is 86.8 Å². The molecule has 0 spiro atoms. The summed E-state index contributed by atoms with van der Waals surface area (Å²) in [5.41, 5.74) is 2.27. The lowest BCUT2D eigenvalue weighted by Crippen LogP contribution is -2.51. The van der Waals surface area contributed by atoms with Crippen molar-refractivity contribution in [1.29, 1.82) is 0 Å². The van der Waals surface area contributed by atoms with Gasteiger partial charge in [-0.25, -0.2) is 8.42 Å². The number of sulfonamides is 1. The Morgan fingerprint density at radius 1 is 1.08 bits per heavy atom. The summed E-state index contributed by atoms with van der Waals surface area (Å²) in [6.45, 7) is 4.11. The Balaban J connectivity index is 1.78. The van der Waals surface area contributed by atoms with Crippen LogP contribution in [0.5, 0.6) is 0 Å². The SMILES string of the molecule is CC[C@H](C(=O)NC1CCCC1)N(Cc1ccc(Cl)cc1Cl)C(=O)CCCN(c1ccc(C)cc1)S(C)(=O)=O. The number of benzene rings is 2. The third-order valence-electron chi connectivity index (χ3n) is 6.92. The zero-order valence-electron chi connectivity index (χ0n) is 22.3. The van der Waals surface area contributed by atoms with Crippen LogP contribution >= 0.6 is 23.2 Å². The zero-order chi connectivity index (χ0) is 27.9. The Morgan fingerprint density at radius 3 is 2.32 bits per heavy atom. The van der Waals surface area contributed by atoms with Gasteiger partial charge in [0.2, 0.25) is 21.8 Å². The molecule has 2 aromatic rings. The molecule has 0 heterocycles. The number of amides is 2. The van der Waals surface area contributed by atoms with Gasteiger partial charge < -0.3 is 10.2 Å². The van der Waals surface area contributed by atoms with Crippen molar-refractivity contribution in [2.45, 2.75) is 77.4 Å². The summed E-state index contributed by atoms with van der Waals surface area (Å²) in [6, 6.07) is 11.8. The molecule has 7 nitrogen and oxygen atoms in total. The molecule has 1 aliphatic carbocycles. The smallest absolute Gasteiger partial charge is 0.243 e. The minimum Gasteiger partial charge on any atom is -0.352 e. The van der Waals surface area contributed by atoms with Gasteiger partial charge >= 0.3 is 0 Å². The molecule has 1 atom stereocenters. The third-order valence-corrected chi connectivity index (χ3v) is 8.70. The van der Waals surface area contributed by atoms with Crippen molar-refractivity contribution >= 4 is 50.7 Å². The molecular formula is C28H37Cl2N3O4S. The maximum atomic E-state index is 13.6. The van der Waals surface area contributed by atoms with Crippen molar-refractivity contribution in [2.75, 3.05) is 17.1 Å². The maximum Gasteiger partial charge on any atom is 0.243 e. The number of hydrogen-bond acceptors (Lipinski definition) is 4. The first kappa shape index (κ1) is 30.3. The summed E-state index contributed by atoms with van der Waals surface area (Å²) in [5, 5.41) is 4.03. The van der Waals surface area contributed by atoms with Gasteiger partial charge in [0.1, 0.15) is 6.04 Å². The van der Waals surface area contributed by atoms with Crippen LogP contribution in [0.3, 0.4) is 0 Å². The van der Waals surface area contributed by atoms with Crippen LogP contribution in [-0.4, -0.2) is 50.0 Å². The van der Waals surface area contributed by atoms with Crippen molar-refractivity contribution in [1.82, 2.24) is 10.2 Å². The molecule has 1 N–H and O–H groups in total. The normalized spacial score (nSPS) is 14.8. The van der Waals surface area contributed by atoms with Gasteiger partial charge in [-0.1, -0.05) is 66.7 Å². The Kier molecular flexibility index (Phi) is 10.9. The number of carbonyl (C=O) groups excluding carboxylic acids is 2. The van der Waals surface area contributed by atoms with Gasteiger partial charge in [-0.3, -0.25) is 13.9 Å². The number of nitrogens with zero attached hydrogens (tertiary/aromatic N) is 2. The van der Waals surface area contributed by atoms with Gasteiger partial charge in [-0.15, -0.1) is 0 Å². The third kappa shape index (κ3) is 8.35. The second kappa shape index (κ2) is 13.7. The standard InChI is InChI=1S/C28H37Cl2N3O4S/c1-4-26(28(35)31-23-8-5-6-9-23)32(19-21-13-14-22(29)18-25(21)30)27(34)10-7-17-33(38(3,36)37)24-15-11-20(2)12-16-24/h11-16,18,23,26H,4-10,17,19H2,1-3H3,(H,31,35)/t26-/m1/s1. The number of hydrogen-bond donors (Lipinski definition) is 1. The Bertz CT molecular complexity index is 1220. The molecule has 0 radical (unpaired) electrons. The maximum absolute atomic E-state index is 13.6. The lowest BCUT2D eigenvalue weighted by molar-refractivity contribution is -0.141. The second-order valence-electron chi connectivity index (χ2n) is 9.95. The minimum absolute atomic E-state index is 0.0797. The van der Waals surface area contributed by atoms with Crippen molar-refractivity contribution in [3.05, 3.63) is 63.6 Å². The number of rotatable bonds is 12. The van der Waals surface area contributed by atoms with Crippen molar-refractivity contribution in [3.63, 3.8) is 0 Å². The van der Waals surface area contributed by atoms with Crippen molar-refractivity contribution in [3.8, 4) is 0 Å². The van der Waals surface area contributed by atoms with E-state index in [1.54, 1.807) is 35.2 Å². The lowest BCUT2D eigenvalue weighted by Gasteiger charge is -2.32. The van der Waals surface area contributed by atoms with Gasteiger partial charge in [-0.05, 0) is 62.4 Å². The quantitative estimate of drug-likeness (QED) is 0.347. The van der Waals surface area contributed by atoms with E-state index in [1.807, 2.05) is 26.0 Å². The highest BCUT2D eigenvalue weighted by Gasteiger charge is 2.31. The molecule has 10 heteroatoms. The average molecular weight is 583 g/mol. The van der Waals surface area contributed by atoms with Crippen molar-refractivity contribution < 1.29 is 18.0 Å². The molecule has 0 unspecified atom stereocenters. The van der Waals surface area contributed by atoms with Crippen LogP contribution in [-0.2, 0) is 26.2 Å². The van der Waals surface area contributed by atoms with E-state index in [0.717, 1.165) is 37.5 Å². The molecule has 0 aromatic heterocycles. The van der Waals surface area contributed by atoms with E-state index in [-0.39, 0.29) is 37.4 Å². The summed E-state index contributed by atoms with van der Waals surface area (Å²) < 4.78 is 26.3. The van der Waals surface area contributed by atoms with Gasteiger partial charge in [0.05, 0.1) is 11.9 Å². The second-order valence-corrected chi connectivity index (χ2v) is 12.7. The van der Waals surface area contributed by atoms with E-state index in [4.69, 9.17) is 23.2 Å². The molecule has 3 rings (SSSR count). The first-order valence-electron chi connectivity index (χ1n) is 13.1. The lowest BCUT2D eigenvalue weighted by atomic mass is 10.1. The van der Waals surface area contributed by atoms with Crippen LogP contribution in [0.4, 0.5) is 5.69 Å². The molecule has 2 aromatic carbocycles. The summed E-state index contributed by atoms with van der Waals surface area (Å²) in [5.74, 6) is -0.406. The summed E-state index contributed by atoms with van der Waals surface area (Å²) >= 11 is 12.5. The number of anilines is 1. The van der Waals surface area contributed by atoms with Gasteiger partial charge in [0, 0.05) is 35.6 Å². The van der Waals surface area contributed by atoms with E-state index in [2.05, 4.69) is 5.32 Å². The van der Waals surface area contributed by atoms with E-state index < -0.39 is 16.1 Å². The van der Waals surface area contributed by atoms with E-state index in [1.165, 1.54) is 4.31 Å². The predicted octanol–water partition coefficient (Wildman–Crippen LogP) is 5.71. The van der Waals surface area contributed by atoms with Gasteiger partial charge in [-0.2, -0.15) is 0 Å². The van der Waals surface area contributed by atoms with Crippen molar-refractivity contribution in [2.24, 2.45) is 0 Å². The molecular weight excluding hydrogens is 545 g/mol. The molecule has 208 valence electrons. The molecule has 1 fully saturated rings. The van der Waals surface area contributed by atoms with Crippen LogP contribution in [0.15, 0.2) is 42.5 Å². The van der Waals surface area contributed by atoms with Crippen LogP contribution in [0.1, 0.15) is 63.0 Å². The fourth-order valence-corrected chi connectivity index (χ4v) is 6.27. The highest BCUT2D eigenvalue weighted by atomic mass is 35.5. The monoisotopic (exact) mass is 581 g/mol. The van der Waals surface area contributed by atoms with Crippen LogP contribution in [0, 0.1) is 6.92 Å². The Morgan fingerprint density at radius 2 is 1.74 bits per heavy atom. The minimum atomic E-state index is -3.54. The Labute approximate surface area is 236 Å². The molecule has 0 bridgehead atoms. The fraction of sp³-hybridized carbons (Fsp3) is 0.500. The highest BCUT2D eigenvalue weighted by molar-refractivity contribution is 7.92. The summed E-state index contributed by atoms with van der Waals surface area (Å²) in [6.07, 6.45) is 6.03. The van der Waals surface area contributed by atoms with Crippen LogP contribution < -0.4 is 9.62 Å². The summed E-state index contributed by atoms with van der Waals surface area (Å²) in [7, 11) is -3.54. The number of carbonyl (C=O) groups is 2. The molecule has 1 saturated carbocycles. The number of halogens is 2. The van der Waals surface area contributed by atoms with Gasteiger partial charge in [0.25, 0.3) is 0 Å². The number of nitrogens with one attached hydrogen (secondary N) is 1. The van der Waals surface area contributed by atoms with E-state index in [0.29, 0.717) is 34.1 Å². The first-order chi connectivity index (χ1) is 18.0. The van der Waals surface area contributed by atoms with Crippen LogP contribution in [0.25, 0.3) is 0 Å². The van der Waals surface area contributed by atoms with Gasteiger partial charge in [0.15, 0.2) is 0 Å². The molecule has 0 saturated heterocycles.